The highest BCUT2D eigenvalue weighted by molar-refractivity contribution is 6.30. The summed E-state index contributed by atoms with van der Waals surface area (Å²) in [7, 11) is 0. The van der Waals surface area contributed by atoms with Crippen LogP contribution < -0.4 is 0 Å². The predicted molar refractivity (Wildman–Crippen MR) is 82.4 cm³/mol. The predicted octanol–water partition coefficient (Wildman–Crippen LogP) is 3.60. The van der Waals surface area contributed by atoms with Gasteiger partial charge in [-0.2, -0.15) is 0 Å². The summed E-state index contributed by atoms with van der Waals surface area (Å²) in [6.07, 6.45) is 0.118. The Balaban J connectivity index is 2.45. The molecule has 0 unspecified atom stereocenters. The van der Waals surface area contributed by atoms with Crippen molar-refractivity contribution in [1.29, 1.82) is 0 Å². The van der Waals surface area contributed by atoms with Gasteiger partial charge in [0.2, 0.25) is 0 Å². The molecule has 0 aromatic heterocycles. The van der Waals surface area contributed by atoms with Crippen molar-refractivity contribution >= 4 is 23.2 Å². The lowest BCUT2D eigenvalue weighted by atomic mass is 9.76. The van der Waals surface area contributed by atoms with Crippen LogP contribution in [0.25, 0.3) is 0 Å². The number of aliphatic hydroxyl groups excluding tert-OH is 2. The van der Waals surface area contributed by atoms with Gasteiger partial charge in [0.1, 0.15) is 5.82 Å². The fraction of sp³-hybridized carbons (Fsp3) is 0.250. The number of aliphatic hydroxyl groups is 2. The van der Waals surface area contributed by atoms with Gasteiger partial charge >= 0.3 is 0 Å². The van der Waals surface area contributed by atoms with Crippen LogP contribution in [0.3, 0.4) is 0 Å². The van der Waals surface area contributed by atoms with Crippen LogP contribution in [0.1, 0.15) is 11.1 Å². The molecule has 0 aliphatic carbocycles. The van der Waals surface area contributed by atoms with E-state index in [-0.39, 0.29) is 19.6 Å². The Morgan fingerprint density at radius 2 is 1.62 bits per heavy atom. The van der Waals surface area contributed by atoms with Crippen LogP contribution in [0.2, 0.25) is 10.0 Å². The van der Waals surface area contributed by atoms with Crippen LogP contribution in [-0.4, -0.2) is 23.4 Å². The fourth-order valence-electron chi connectivity index (χ4n) is 2.31. The molecule has 2 aromatic carbocycles. The second-order valence-electron chi connectivity index (χ2n) is 5.02. The average molecular weight is 329 g/mol. The monoisotopic (exact) mass is 328 g/mol. The Bertz CT molecular complexity index is 627. The molecule has 0 spiro atoms. The lowest BCUT2D eigenvalue weighted by molar-refractivity contribution is 0.115. The van der Waals surface area contributed by atoms with Crippen molar-refractivity contribution in [3.63, 3.8) is 0 Å². The van der Waals surface area contributed by atoms with Crippen molar-refractivity contribution in [3.05, 3.63) is 69.5 Å². The summed E-state index contributed by atoms with van der Waals surface area (Å²) in [6.45, 7) is -0.675. The van der Waals surface area contributed by atoms with Crippen LogP contribution in [-0.2, 0) is 11.8 Å². The van der Waals surface area contributed by atoms with Gasteiger partial charge in [-0.15, -0.1) is 0 Å². The van der Waals surface area contributed by atoms with Crippen molar-refractivity contribution in [2.45, 2.75) is 11.8 Å². The van der Waals surface area contributed by atoms with Crippen molar-refractivity contribution in [3.8, 4) is 0 Å². The second kappa shape index (κ2) is 6.75. The number of benzene rings is 2. The molecule has 0 saturated carbocycles. The van der Waals surface area contributed by atoms with Gasteiger partial charge in [-0.1, -0.05) is 35.3 Å². The van der Waals surface area contributed by atoms with E-state index in [0.29, 0.717) is 21.2 Å². The first-order valence-electron chi connectivity index (χ1n) is 6.42. The zero-order chi connectivity index (χ0) is 15.5. The molecule has 0 aliphatic heterocycles. The molecular formula is C16H15Cl2FO2. The van der Waals surface area contributed by atoms with Crippen molar-refractivity contribution in [2.24, 2.45) is 0 Å². The zero-order valence-corrected chi connectivity index (χ0v) is 12.7. The van der Waals surface area contributed by atoms with E-state index in [4.69, 9.17) is 23.2 Å². The molecule has 0 aliphatic rings. The largest absolute Gasteiger partial charge is 0.395 e. The maximum absolute atomic E-state index is 13.9. The summed E-state index contributed by atoms with van der Waals surface area (Å²) < 4.78 is 13.9. The maximum atomic E-state index is 13.9. The van der Waals surface area contributed by atoms with Crippen LogP contribution in [0.15, 0.2) is 42.5 Å². The number of rotatable bonds is 5. The van der Waals surface area contributed by atoms with E-state index < -0.39 is 11.2 Å². The van der Waals surface area contributed by atoms with Gasteiger partial charge in [0.05, 0.1) is 13.2 Å². The summed E-state index contributed by atoms with van der Waals surface area (Å²) in [5, 5.41) is 20.5. The van der Waals surface area contributed by atoms with E-state index in [9.17, 15) is 14.6 Å². The summed E-state index contributed by atoms with van der Waals surface area (Å²) >= 11 is 11.9. The van der Waals surface area contributed by atoms with Crippen molar-refractivity contribution in [1.82, 2.24) is 0 Å². The van der Waals surface area contributed by atoms with Crippen LogP contribution in [0, 0.1) is 5.82 Å². The Hall–Kier alpha value is -1.13. The molecule has 0 atom stereocenters. The van der Waals surface area contributed by atoms with Gasteiger partial charge in [0.25, 0.3) is 0 Å². The number of hydrogen-bond donors (Lipinski definition) is 2. The molecule has 0 heterocycles. The molecule has 21 heavy (non-hydrogen) atoms. The van der Waals surface area contributed by atoms with Crippen LogP contribution in [0.4, 0.5) is 4.39 Å². The highest BCUT2D eigenvalue weighted by atomic mass is 35.5. The van der Waals surface area contributed by atoms with Crippen molar-refractivity contribution < 1.29 is 14.6 Å². The fourth-order valence-corrected chi connectivity index (χ4v) is 2.69. The molecule has 112 valence electrons. The molecule has 0 amide bonds. The van der Waals surface area contributed by atoms with E-state index in [1.165, 1.54) is 18.2 Å². The third-order valence-corrected chi connectivity index (χ3v) is 4.05. The molecule has 0 saturated heterocycles. The average Bonchev–Trinajstić information content (AvgIpc) is 2.48. The molecule has 0 fully saturated rings. The third-order valence-electron chi connectivity index (χ3n) is 3.58. The smallest absolute Gasteiger partial charge is 0.126 e. The normalized spacial score (nSPS) is 11.7. The molecule has 0 radical (unpaired) electrons. The summed E-state index contributed by atoms with van der Waals surface area (Å²) in [6, 6.07) is 11.1. The van der Waals surface area contributed by atoms with E-state index in [1.807, 2.05) is 0 Å². The molecule has 5 heteroatoms. The third kappa shape index (κ3) is 3.55. The standard InChI is InChI=1S/C16H15Cl2FO2/c17-13-3-1-2-12(7-13)16(9-20,10-21)8-11-6-14(18)4-5-15(11)19/h1-7,20-21H,8-10H2. The molecular weight excluding hydrogens is 314 g/mol. The number of hydrogen-bond acceptors (Lipinski definition) is 2. The minimum absolute atomic E-state index is 0.118. The van der Waals surface area contributed by atoms with E-state index >= 15 is 0 Å². The first-order valence-corrected chi connectivity index (χ1v) is 7.18. The van der Waals surface area contributed by atoms with Crippen LogP contribution >= 0.6 is 23.2 Å². The maximum Gasteiger partial charge on any atom is 0.126 e. The molecule has 2 nitrogen and oxygen atoms in total. The first-order chi connectivity index (χ1) is 10.0. The Kier molecular flexibility index (Phi) is 5.22. The Labute approximate surface area is 132 Å². The number of halogens is 3. The second-order valence-corrected chi connectivity index (χ2v) is 5.89. The van der Waals surface area contributed by atoms with Gasteiger partial charge in [-0.05, 0) is 47.9 Å². The first kappa shape index (κ1) is 16.2. The van der Waals surface area contributed by atoms with Gasteiger partial charge in [0.15, 0.2) is 0 Å². The molecule has 0 bridgehead atoms. The Morgan fingerprint density at radius 3 is 2.24 bits per heavy atom. The highest BCUT2D eigenvalue weighted by Crippen LogP contribution is 2.31. The minimum atomic E-state index is -1.02. The van der Waals surface area contributed by atoms with Gasteiger partial charge in [-0.3, -0.25) is 0 Å². The molecule has 2 aromatic rings. The zero-order valence-electron chi connectivity index (χ0n) is 11.2. The summed E-state index contributed by atoms with van der Waals surface area (Å²) in [4.78, 5) is 0. The SMILES string of the molecule is OCC(CO)(Cc1cc(Cl)ccc1F)c1cccc(Cl)c1. The lowest BCUT2D eigenvalue weighted by Gasteiger charge is -2.31. The quantitative estimate of drug-likeness (QED) is 0.880. The van der Waals surface area contributed by atoms with Gasteiger partial charge in [-0.25, -0.2) is 4.39 Å². The van der Waals surface area contributed by atoms with E-state index in [1.54, 1.807) is 24.3 Å². The molecule has 2 N–H and O–H groups in total. The topological polar surface area (TPSA) is 40.5 Å². The van der Waals surface area contributed by atoms with E-state index in [2.05, 4.69) is 0 Å². The Morgan fingerprint density at radius 1 is 0.952 bits per heavy atom. The van der Waals surface area contributed by atoms with Gasteiger partial charge < -0.3 is 10.2 Å². The highest BCUT2D eigenvalue weighted by Gasteiger charge is 2.32. The summed E-state index contributed by atoms with van der Waals surface area (Å²) in [5.41, 5.74) is -0.0267. The van der Waals surface area contributed by atoms with Crippen molar-refractivity contribution in [2.75, 3.05) is 13.2 Å². The minimum Gasteiger partial charge on any atom is -0.395 e. The van der Waals surface area contributed by atoms with E-state index in [0.717, 1.165) is 0 Å². The van der Waals surface area contributed by atoms with Gasteiger partial charge in [0, 0.05) is 15.5 Å². The lowest BCUT2D eigenvalue weighted by Crippen LogP contribution is -2.37. The summed E-state index contributed by atoms with van der Waals surface area (Å²) in [5.74, 6) is -0.423. The van der Waals surface area contributed by atoms with Crippen LogP contribution in [0.5, 0.6) is 0 Å². The molecule has 2 rings (SSSR count).